The molecule has 1 aromatic rings. The van der Waals surface area contributed by atoms with Crippen LogP contribution in [0, 0.1) is 0 Å². The van der Waals surface area contributed by atoms with Crippen LogP contribution in [-0.2, 0) is 11.2 Å². The number of pyridine rings is 1. The molecule has 1 saturated carbocycles. The summed E-state index contributed by atoms with van der Waals surface area (Å²) in [6.45, 7) is 0.820. The van der Waals surface area contributed by atoms with Gasteiger partial charge in [-0.1, -0.05) is 0 Å². The number of carboxylic acids is 1. The highest BCUT2D eigenvalue weighted by Gasteiger charge is 2.32. The van der Waals surface area contributed by atoms with Crippen molar-refractivity contribution in [3.05, 3.63) is 30.1 Å². The molecule has 0 bridgehead atoms. The summed E-state index contributed by atoms with van der Waals surface area (Å²) >= 11 is 0. The number of amides is 2. The van der Waals surface area contributed by atoms with Crippen LogP contribution in [0.5, 0.6) is 0 Å². The zero-order valence-corrected chi connectivity index (χ0v) is 11.3. The summed E-state index contributed by atoms with van der Waals surface area (Å²) < 4.78 is 0. The summed E-state index contributed by atoms with van der Waals surface area (Å²) in [5.41, 5.74) is 1.11. The quantitative estimate of drug-likeness (QED) is 0.786. The van der Waals surface area contributed by atoms with E-state index in [2.05, 4.69) is 10.3 Å². The van der Waals surface area contributed by atoms with E-state index in [0.717, 1.165) is 24.8 Å². The zero-order chi connectivity index (χ0) is 14.4. The molecule has 6 nitrogen and oxygen atoms in total. The molecule has 0 aromatic carbocycles. The van der Waals surface area contributed by atoms with Crippen LogP contribution >= 0.6 is 0 Å². The number of rotatable bonds is 7. The number of aromatic nitrogens is 1. The summed E-state index contributed by atoms with van der Waals surface area (Å²) in [5.74, 6) is -0.875. The van der Waals surface area contributed by atoms with E-state index in [4.69, 9.17) is 5.11 Å². The maximum Gasteiger partial charge on any atom is 0.317 e. The van der Waals surface area contributed by atoms with Crippen molar-refractivity contribution in [2.75, 3.05) is 13.1 Å². The molecule has 0 spiro atoms. The summed E-state index contributed by atoms with van der Waals surface area (Å²) in [6, 6.07) is 3.88. The largest absolute Gasteiger partial charge is 0.481 e. The van der Waals surface area contributed by atoms with Gasteiger partial charge in [0.25, 0.3) is 0 Å². The summed E-state index contributed by atoms with van der Waals surface area (Å²) in [4.78, 5) is 28.2. The molecule has 0 atom stereocenters. The van der Waals surface area contributed by atoms with E-state index in [0.29, 0.717) is 6.54 Å². The number of carbonyl (C=O) groups excluding carboxylic acids is 1. The van der Waals surface area contributed by atoms with Crippen LogP contribution in [0.1, 0.15) is 24.8 Å². The Balaban J connectivity index is 1.75. The van der Waals surface area contributed by atoms with Gasteiger partial charge in [-0.05, 0) is 37.0 Å². The third kappa shape index (κ3) is 4.53. The van der Waals surface area contributed by atoms with Crippen molar-refractivity contribution in [1.82, 2.24) is 15.2 Å². The second-order valence-electron chi connectivity index (χ2n) is 4.91. The van der Waals surface area contributed by atoms with E-state index in [9.17, 15) is 9.59 Å². The number of urea groups is 1. The van der Waals surface area contributed by atoms with E-state index < -0.39 is 5.97 Å². The van der Waals surface area contributed by atoms with Crippen molar-refractivity contribution in [3.63, 3.8) is 0 Å². The Morgan fingerprint density at radius 2 is 2.05 bits per heavy atom. The molecular weight excluding hydrogens is 258 g/mol. The van der Waals surface area contributed by atoms with Crippen molar-refractivity contribution in [2.24, 2.45) is 0 Å². The molecule has 2 amide bonds. The number of hydrogen-bond acceptors (Lipinski definition) is 3. The molecule has 0 aliphatic heterocycles. The van der Waals surface area contributed by atoms with Gasteiger partial charge in [-0.3, -0.25) is 9.78 Å². The van der Waals surface area contributed by atoms with Crippen LogP contribution < -0.4 is 5.32 Å². The van der Waals surface area contributed by atoms with Crippen molar-refractivity contribution in [3.8, 4) is 0 Å². The summed E-state index contributed by atoms with van der Waals surface area (Å²) in [6.07, 6.45) is 6.12. The third-order valence-electron chi connectivity index (χ3n) is 3.25. The second-order valence-corrected chi connectivity index (χ2v) is 4.91. The Kier molecular flexibility index (Phi) is 4.92. The number of nitrogens with zero attached hydrogens (tertiary/aromatic N) is 2. The van der Waals surface area contributed by atoms with Gasteiger partial charge in [0.15, 0.2) is 0 Å². The maximum atomic E-state index is 12.0. The van der Waals surface area contributed by atoms with E-state index in [1.165, 1.54) is 0 Å². The Morgan fingerprint density at radius 1 is 1.35 bits per heavy atom. The number of carboxylic acid groups (broad SMARTS) is 1. The van der Waals surface area contributed by atoms with Gasteiger partial charge in [0.2, 0.25) is 0 Å². The Labute approximate surface area is 117 Å². The molecule has 1 aliphatic carbocycles. The summed E-state index contributed by atoms with van der Waals surface area (Å²) in [7, 11) is 0. The van der Waals surface area contributed by atoms with E-state index in [1.807, 2.05) is 12.1 Å². The van der Waals surface area contributed by atoms with Gasteiger partial charge in [-0.25, -0.2) is 4.79 Å². The maximum absolute atomic E-state index is 12.0. The Bertz CT molecular complexity index is 460. The SMILES string of the molecule is O=C(O)CCN(C(=O)NCCc1ccncc1)C1CC1. The smallest absolute Gasteiger partial charge is 0.317 e. The van der Waals surface area contributed by atoms with Gasteiger partial charge in [0.1, 0.15) is 0 Å². The van der Waals surface area contributed by atoms with Crippen LogP contribution in [0.25, 0.3) is 0 Å². The molecule has 108 valence electrons. The third-order valence-corrected chi connectivity index (χ3v) is 3.25. The number of aliphatic carboxylic acids is 1. The van der Waals surface area contributed by atoms with Gasteiger partial charge in [-0.2, -0.15) is 0 Å². The predicted molar refractivity (Wildman–Crippen MR) is 73.3 cm³/mol. The highest BCUT2D eigenvalue weighted by Crippen LogP contribution is 2.26. The fourth-order valence-corrected chi connectivity index (χ4v) is 2.02. The zero-order valence-electron chi connectivity index (χ0n) is 11.3. The van der Waals surface area contributed by atoms with E-state index in [1.54, 1.807) is 17.3 Å². The first-order valence-electron chi connectivity index (χ1n) is 6.82. The van der Waals surface area contributed by atoms with Crippen LogP contribution in [0.3, 0.4) is 0 Å². The molecule has 0 unspecified atom stereocenters. The van der Waals surface area contributed by atoms with Gasteiger partial charge in [0.05, 0.1) is 6.42 Å². The van der Waals surface area contributed by atoms with Crippen LogP contribution in [0.4, 0.5) is 4.79 Å². The van der Waals surface area contributed by atoms with Crippen molar-refractivity contribution < 1.29 is 14.7 Å². The molecule has 2 N–H and O–H groups in total. The molecule has 20 heavy (non-hydrogen) atoms. The second kappa shape index (κ2) is 6.88. The van der Waals surface area contributed by atoms with Crippen LogP contribution in [-0.4, -0.2) is 46.1 Å². The molecule has 1 aromatic heterocycles. The van der Waals surface area contributed by atoms with Crippen molar-refractivity contribution >= 4 is 12.0 Å². The fourth-order valence-electron chi connectivity index (χ4n) is 2.02. The van der Waals surface area contributed by atoms with Gasteiger partial charge >= 0.3 is 12.0 Å². The number of hydrogen-bond donors (Lipinski definition) is 2. The molecule has 6 heteroatoms. The lowest BCUT2D eigenvalue weighted by atomic mass is 10.2. The monoisotopic (exact) mass is 277 g/mol. The van der Waals surface area contributed by atoms with Crippen molar-refractivity contribution in [2.45, 2.75) is 31.7 Å². The molecular formula is C14H19N3O3. The molecule has 1 heterocycles. The molecule has 0 radical (unpaired) electrons. The highest BCUT2D eigenvalue weighted by molar-refractivity contribution is 5.76. The molecule has 1 fully saturated rings. The predicted octanol–water partition coefficient (Wildman–Crippen LogP) is 1.27. The first-order chi connectivity index (χ1) is 9.66. The van der Waals surface area contributed by atoms with Gasteiger partial charge in [-0.15, -0.1) is 0 Å². The van der Waals surface area contributed by atoms with Gasteiger partial charge < -0.3 is 15.3 Å². The molecule has 0 saturated heterocycles. The minimum Gasteiger partial charge on any atom is -0.481 e. The van der Waals surface area contributed by atoms with E-state index in [-0.39, 0.29) is 25.0 Å². The summed E-state index contributed by atoms with van der Waals surface area (Å²) in [5, 5.41) is 11.6. The van der Waals surface area contributed by atoms with Crippen LogP contribution in [0.15, 0.2) is 24.5 Å². The average molecular weight is 277 g/mol. The van der Waals surface area contributed by atoms with Crippen molar-refractivity contribution in [1.29, 1.82) is 0 Å². The Hall–Kier alpha value is -2.11. The lowest BCUT2D eigenvalue weighted by Gasteiger charge is -2.22. The van der Waals surface area contributed by atoms with E-state index >= 15 is 0 Å². The molecule has 1 aliphatic rings. The lowest BCUT2D eigenvalue weighted by Crippen LogP contribution is -2.43. The topological polar surface area (TPSA) is 82.5 Å². The normalized spacial score (nSPS) is 13.8. The fraction of sp³-hybridized carbons (Fsp3) is 0.500. The first-order valence-corrected chi connectivity index (χ1v) is 6.82. The first kappa shape index (κ1) is 14.3. The van der Waals surface area contributed by atoms with Gasteiger partial charge in [0, 0.05) is 31.5 Å². The number of carbonyl (C=O) groups is 2. The van der Waals surface area contributed by atoms with Crippen LogP contribution in [0.2, 0.25) is 0 Å². The average Bonchev–Trinajstić information content (AvgIpc) is 3.24. The minimum absolute atomic E-state index is 0.00568. The minimum atomic E-state index is -0.875. The standard InChI is InChI=1S/C14H19N3O3/c18-13(19)6-10-17(12-1-2-12)14(20)16-9-5-11-3-7-15-8-4-11/h3-4,7-8,12H,1-2,5-6,9-10H2,(H,16,20)(H,18,19). The molecule has 2 rings (SSSR count). The number of nitrogens with one attached hydrogen (secondary N) is 1. The highest BCUT2D eigenvalue weighted by atomic mass is 16.4. The lowest BCUT2D eigenvalue weighted by molar-refractivity contribution is -0.137. The Morgan fingerprint density at radius 3 is 2.65 bits per heavy atom.